The number of likely N-dealkylation sites (N-methyl/N-ethyl adjacent to an activating group) is 1. The molecule has 0 bridgehead atoms. The third-order valence-electron chi connectivity index (χ3n) is 6.88. The van der Waals surface area contributed by atoms with E-state index in [-0.39, 0.29) is 28.9 Å². The van der Waals surface area contributed by atoms with E-state index in [1.165, 1.54) is 28.8 Å². The lowest BCUT2D eigenvalue weighted by Gasteiger charge is -2.25. The highest BCUT2D eigenvalue weighted by Crippen LogP contribution is 2.42. The normalized spacial score (nSPS) is 17.5. The standard InChI is InChI=1S/C28H27ClFN3O2S/c1-2-32-14-6-7-19(32)16-31-27(34)18-12-13-26-24(15-18)33(17-21-22(29)9-5-10-23(21)30)28(35)20-8-3-4-11-25(20)36-26/h3-5,8-13,15,19H,2,6-7,14,16-17H2,1H3,(H,31,34). The number of rotatable bonds is 6. The number of nitrogens with one attached hydrogen (secondary N) is 1. The second kappa shape index (κ2) is 10.6. The maximum Gasteiger partial charge on any atom is 0.259 e. The molecule has 1 atom stereocenters. The average Bonchev–Trinajstić information content (AvgIpc) is 3.31. The summed E-state index contributed by atoms with van der Waals surface area (Å²) in [6.07, 6.45) is 2.21. The minimum absolute atomic E-state index is 0.0508. The molecule has 1 N–H and O–H groups in total. The molecule has 8 heteroatoms. The summed E-state index contributed by atoms with van der Waals surface area (Å²) in [5.74, 6) is -0.935. The van der Waals surface area contributed by atoms with Crippen LogP contribution in [0, 0.1) is 5.82 Å². The van der Waals surface area contributed by atoms with Crippen molar-refractivity contribution in [3.8, 4) is 0 Å². The number of hydrogen-bond donors (Lipinski definition) is 1. The fraction of sp³-hybridized carbons (Fsp3) is 0.286. The van der Waals surface area contributed by atoms with Crippen molar-refractivity contribution in [2.75, 3.05) is 24.5 Å². The summed E-state index contributed by atoms with van der Waals surface area (Å²) in [7, 11) is 0. The summed E-state index contributed by atoms with van der Waals surface area (Å²) >= 11 is 7.78. The van der Waals surface area contributed by atoms with Crippen molar-refractivity contribution < 1.29 is 14.0 Å². The van der Waals surface area contributed by atoms with Gasteiger partial charge in [0.25, 0.3) is 11.8 Å². The van der Waals surface area contributed by atoms with Crippen molar-refractivity contribution in [2.45, 2.75) is 42.1 Å². The molecule has 2 aliphatic heterocycles. The maximum atomic E-state index is 14.7. The van der Waals surface area contributed by atoms with Crippen LogP contribution in [0.1, 0.15) is 46.0 Å². The second-order valence-electron chi connectivity index (χ2n) is 9.01. The number of fused-ring (bicyclic) bond motifs is 2. The van der Waals surface area contributed by atoms with Crippen LogP contribution in [-0.4, -0.2) is 42.4 Å². The van der Waals surface area contributed by atoms with Gasteiger partial charge in [0.1, 0.15) is 5.82 Å². The number of benzene rings is 3. The molecule has 0 aliphatic carbocycles. The van der Waals surface area contributed by atoms with Gasteiger partial charge in [-0.3, -0.25) is 14.5 Å². The molecule has 36 heavy (non-hydrogen) atoms. The summed E-state index contributed by atoms with van der Waals surface area (Å²) in [6, 6.07) is 17.5. The Balaban J connectivity index is 1.49. The lowest BCUT2D eigenvalue weighted by atomic mass is 10.1. The van der Waals surface area contributed by atoms with Gasteiger partial charge >= 0.3 is 0 Å². The molecule has 2 amide bonds. The molecular weight excluding hydrogens is 497 g/mol. The largest absolute Gasteiger partial charge is 0.350 e. The molecule has 2 heterocycles. The Morgan fingerprint density at radius 3 is 2.78 bits per heavy atom. The Morgan fingerprint density at radius 1 is 1.14 bits per heavy atom. The third kappa shape index (κ3) is 4.88. The summed E-state index contributed by atoms with van der Waals surface area (Å²) in [4.78, 5) is 32.4. The Morgan fingerprint density at radius 2 is 1.97 bits per heavy atom. The quantitative estimate of drug-likeness (QED) is 0.430. The predicted octanol–water partition coefficient (Wildman–Crippen LogP) is 6.00. The first-order valence-corrected chi connectivity index (χ1v) is 13.3. The highest BCUT2D eigenvalue weighted by molar-refractivity contribution is 7.99. The topological polar surface area (TPSA) is 52.7 Å². The second-order valence-corrected chi connectivity index (χ2v) is 10.5. The van der Waals surface area contributed by atoms with Crippen molar-refractivity contribution in [1.82, 2.24) is 10.2 Å². The van der Waals surface area contributed by atoms with Gasteiger partial charge < -0.3 is 10.2 Å². The van der Waals surface area contributed by atoms with Crippen molar-refractivity contribution in [3.05, 3.63) is 88.2 Å². The smallest absolute Gasteiger partial charge is 0.259 e. The summed E-state index contributed by atoms with van der Waals surface area (Å²) in [5.41, 5.74) is 1.78. The van der Waals surface area contributed by atoms with Crippen LogP contribution in [-0.2, 0) is 6.54 Å². The first kappa shape index (κ1) is 24.8. The predicted molar refractivity (Wildman–Crippen MR) is 142 cm³/mol. The van der Waals surface area contributed by atoms with Gasteiger partial charge in [-0.1, -0.05) is 48.5 Å². The molecule has 0 spiro atoms. The van der Waals surface area contributed by atoms with Gasteiger partial charge in [-0.15, -0.1) is 0 Å². The summed E-state index contributed by atoms with van der Waals surface area (Å²) in [5, 5.41) is 3.32. The molecule has 0 radical (unpaired) electrons. The van der Waals surface area contributed by atoms with Crippen LogP contribution in [0.4, 0.5) is 10.1 Å². The lowest BCUT2D eigenvalue weighted by molar-refractivity contribution is 0.0938. The first-order chi connectivity index (χ1) is 17.5. The van der Waals surface area contributed by atoms with E-state index in [9.17, 15) is 14.0 Å². The Labute approximate surface area is 219 Å². The van der Waals surface area contributed by atoms with Crippen LogP contribution in [0.3, 0.4) is 0 Å². The summed E-state index contributed by atoms with van der Waals surface area (Å²) < 4.78 is 14.7. The van der Waals surface area contributed by atoms with Crippen LogP contribution in [0.25, 0.3) is 0 Å². The molecule has 2 aliphatic rings. The van der Waals surface area contributed by atoms with E-state index in [0.29, 0.717) is 29.4 Å². The Hall–Kier alpha value is -2.87. The van der Waals surface area contributed by atoms with E-state index in [4.69, 9.17) is 11.6 Å². The highest BCUT2D eigenvalue weighted by atomic mass is 35.5. The maximum absolute atomic E-state index is 14.7. The van der Waals surface area contributed by atoms with E-state index in [1.807, 2.05) is 24.3 Å². The average molecular weight is 524 g/mol. The molecule has 1 unspecified atom stereocenters. The van der Waals surface area contributed by atoms with Gasteiger partial charge in [-0.05, 0) is 68.4 Å². The Kier molecular flexibility index (Phi) is 7.32. The molecule has 1 fully saturated rings. The SMILES string of the molecule is CCN1CCCC1CNC(=O)c1ccc2c(c1)N(Cc1c(F)cccc1Cl)C(=O)c1ccccc1S2. The highest BCUT2D eigenvalue weighted by Gasteiger charge is 2.30. The zero-order valence-corrected chi connectivity index (χ0v) is 21.5. The molecule has 5 rings (SSSR count). The van der Waals surface area contributed by atoms with Crippen molar-refractivity contribution in [1.29, 1.82) is 0 Å². The first-order valence-electron chi connectivity index (χ1n) is 12.1. The van der Waals surface area contributed by atoms with E-state index in [1.54, 1.807) is 24.3 Å². The molecule has 5 nitrogen and oxygen atoms in total. The number of carbonyl (C=O) groups excluding carboxylic acids is 2. The van der Waals surface area contributed by atoms with Crippen molar-refractivity contribution in [3.63, 3.8) is 0 Å². The van der Waals surface area contributed by atoms with Gasteiger partial charge in [-0.2, -0.15) is 0 Å². The molecule has 3 aromatic rings. The number of amides is 2. The van der Waals surface area contributed by atoms with Crippen LogP contribution < -0.4 is 10.2 Å². The van der Waals surface area contributed by atoms with Gasteiger partial charge in [-0.25, -0.2) is 4.39 Å². The number of likely N-dealkylation sites (tertiary alicyclic amines) is 1. The number of halogens is 2. The fourth-order valence-corrected chi connectivity index (χ4v) is 6.20. The molecule has 186 valence electrons. The van der Waals surface area contributed by atoms with E-state index in [2.05, 4.69) is 17.1 Å². The molecule has 3 aromatic carbocycles. The monoisotopic (exact) mass is 523 g/mol. The molecular formula is C28H27ClFN3O2S. The lowest BCUT2D eigenvalue weighted by Crippen LogP contribution is -2.40. The minimum atomic E-state index is -0.479. The molecule has 0 saturated carbocycles. The van der Waals surface area contributed by atoms with Gasteiger partial charge in [0, 0.05) is 38.5 Å². The summed E-state index contributed by atoms with van der Waals surface area (Å²) in [6.45, 7) is 4.69. The van der Waals surface area contributed by atoms with E-state index >= 15 is 0 Å². The van der Waals surface area contributed by atoms with Crippen LogP contribution in [0.15, 0.2) is 70.5 Å². The zero-order valence-electron chi connectivity index (χ0n) is 20.0. The fourth-order valence-electron chi connectivity index (χ4n) is 4.92. The Bertz CT molecular complexity index is 1300. The van der Waals surface area contributed by atoms with E-state index < -0.39 is 5.82 Å². The van der Waals surface area contributed by atoms with Gasteiger partial charge in [0.2, 0.25) is 0 Å². The van der Waals surface area contributed by atoms with Gasteiger partial charge in [0.05, 0.1) is 17.8 Å². The third-order valence-corrected chi connectivity index (χ3v) is 8.37. The van der Waals surface area contributed by atoms with E-state index in [0.717, 1.165) is 35.7 Å². The van der Waals surface area contributed by atoms with Crippen molar-refractivity contribution in [2.24, 2.45) is 0 Å². The minimum Gasteiger partial charge on any atom is -0.350 e. The molecule has 1 saturated heterocycles. The van der Waals surface area contributed by atoms with Crippen LogP contribution in [0.2, 0.25) is 5.02 Å². The number of carbonyl (C=O) groups is 2. The van der Waals surface area contributed by atoms with Crippen LogP contribution in [0.5, 0.6) is 0 Å². The zero-order chi connectivity index (χ0) is 25.2. The van der Waals surface area contributed by atoms with Crippen LogP contribution >= 0.6 is 23.4 Å². The molecule has 0 aromatic heterocycles. The van der Waals surface area contributed by atoms with Crippen molar-refractivity contribution >= 4 is 40.9 Å². The number of hydrogen-bond acceptors (Lipinski definition) is 4. The van der Waals surface area contributed by atoms with Gasteiger partial charge in [0.15, 0.2) is 0 Å². The number of nitrogens with zero attached hydrogens (tertiary/aromatic N) is 2. The number of anilines is 1.